The second-order valence-electron chi connectivity index (χ2n) is 8.15. The van der Waals surface area contributed by atoms with Gasteiger partial charge in [0.1, 0.15) is 11.9 Å². The summed E-state index contributed by atoms with van der Waals surface area (Å²) in [5, 5.41) is 15.3. The van der Waals surface area contributed by atoms with Crippen molar-refractivity contribution in [2.75, 3.05) is 44.7 Å². The zero-order valence-corrected chi connectivity index (χ0v) is 16.6. The molecule has 2 N–H and O–H groups in total. The summed E-state index contributed by atoms with van der Waals surface area (Å²) in [6.07, 6.45) is 3.18. The molecule has 4 saturated heterocycles. The highest BCUT2D eigenvalue weighted by molar-refractivity contribution is 7.13. The van der Waals surface area contributed by atoms with Crippen LogP contribution in [0.5, 0.6) is 0 Å². The SMILES string of the molecule is CO[C@@H]1CCN(c2ccc3c(C(O)N[C@@H]4CN5CCC4CC5)nsc3c2)C1. The fraction of sp³-hybridized carbons (Fsp3) is 0.650. The number of methoxy groups -OCH3 is 1. The Labute approximate surface area is 164 Å². The van der Waals surface area contributed by atoms with Crippen LogP contribution in [0.15, 0.2) is 18.2 Å². The van der Waals surface area contributed by atoms with Crippen LogP contribution in [-0.2, 0) is 4.74 Å². The molecule has 7 heteroatoms. The molecule has 4 aliphatic rings. The number of fused-ring (bicyclic) bond motifs is 4. The fourth-order valence-electron chi connectivity index (χ4n) is 4.93. The van der Waals surface area contributed by atoms with Crippen molar-refractivity contribution in [3.8, 4) is 0 Å². The highest BCUT2D eigenvalue weighted by Gasteiger charge is 2.35. The van der Waals surface area contributed by atoms with E-state index < -0.39 is 6.23 Å². The van der Waals surface area contributed by atoms with Crippen LogP contribution >= 0.6 is 11.5 Å². The summed E-state index contributed by atoms with van der Waals surface area (Å²) in [6, 6.07) is 6.84. The maximum absolute atomic E-state index is 10.8. The van der Waals surface area contributed by atoms with Crippen LogP contribution in [0.1, 0.15) is 31.2 Å². The first kappa shape index (κ1) is 17.8. The Balaban J connectivity index is 1.32. The van der Waals surface area contributed by atoms with Crippen molar-refractivity contribution < 1.29 is 9.84 Å². The Bertz CT molecular complexity index is 804. The Morgan fingerprint density at radius 3 is 2.78 bits per heavy atom. The van der Waals surface area contributed by atoms with E-state index in [2.05, 4.69) is 37.7 Å². The highest BCUT2D eigenvalue weighted by atomic mass is 32.1. The average molecular weight is 389 g/mol. The van der Waals surface area contributed by atoms with Crippen molar-refractivity contribution in [3.05, 3.63) is 23.9 Å². The summed E-state index contributed by atoms with van der Waals surface area (Å²) in [4.78, 5) is 4.87. The number of aliphatic hydroxyl groups excluding tert-OH is 1. The Kier molecular flexibility index (Phi) is 4.81. The lowest BCUT2D eigenvalue weighted by Crippen LogP contribution is -2.56. The van der Waals surface area contributed by atoms with E-state index in [1.165, 1.54) is 43.2 Å². The molecule has 5 heterocycles. The van der Waals surface area contributed by atoms with Crippen LogP contribution in [0, 0.1) is 5.92 Å². The zero-order valence-electron chi connectivity index (χ0n) is 15.8. The van der Waals surface area contributed by atoms with Crippen molar-refractivity contribution in [2.24, 2.45) is 5.92 Å². The van der Waals surface area contributed by atoms with Gasteiger partial charge in [0, 0.05) is 43.9 Å². The average Bonchev–Trinajstić information content (AvgIpc) is 3.35. The molecule has 4 fully saturated rings. The van der Waals surface area contributed by atoms with E-state index >= 15 is 0 Å². The van der Waals surface area contributed by atoms with Gasteiger partial charge in [0.25, 0.3) is 0 Å². The zero-order chi connectivity index (χ0) is 18.4. The van der Waals surface area contributed by atoms with E-state index in [9.17, 15) is 5.11 Å². The van der Waals surface area contributed by atoms with Gasteiger partial charge in [-0.2, -0.15) is 4.37 Å². The second kappa shape index (κ2) is 7.29. The molecule has 3 atom stereocenters. The molecular formula is C20H28N4O2S. The maximum atomic E-state index is 10.8. The van der Waals surface area contributed by atoms with Gasteiger partial charge in [-0.25, -0.2) is 0 Å². The normalized spacial score (nSPS) is 31.7. The lowest BCUT2D eigenvalue weighted by atomic mass is 9.84. The number of hydrogen-bond acceptors (Lipinski definition) is 7. The second-order valence-corrected chi connectivity index (χ2v) is 8.96. The predicted octanol–water partition coefficient (Wildman–Crippen LogP) is 2.20. The Morgan fingerprint density at radius 2 is 2.07 bits per heavy atom. The molecule has 6 rings (SSSR count). The molecule has 1 aromatic heterocycles. The standard InChI is InChI=1S/C20H28N4O2S/c1-26-15-6-9-24(11-15)14-2-3-16-18(10-14)27-22-19(16)20(25)21-17-12-23-7-4-13(17)5-8-23/h2-3,10,13,15,17,20-21,25H,4-9,11-12H2,1H3/t15-,17-,20?/m1/s1. The van der Waals surface area contributed by atoms with Gasteiger partial charge in [-0.1, -0.05) is 0 Å². The van der Waals surface area contributed by atoms with Crippen LogP contribution in [-0.4, -0.2) is 66.4 Å². The number of nitrogens with one attached hydrogen (secondary N) is 1. The van der Waals surface area contributed by atoms with Crippen molar-refractivity contribution in [2.45, 2.75) is 37.6 Å². The van der Waals surface area contributed by atoms with Crippen molar-refractivity contribution in [1.29, 1.82) is 0 Å². The van der Waals surface area contributed by atoms with Gasteiger partial charge in [0.2, 0.25) is 0 Å². The third-order valence-corrected chi connectivity index (χ3v) is 7.44. The Morgan fingerprint density at radius 1 is 1.22 bits per heavy atom. The summed E-state index contributed by atoms with van der Waals surface area (Å²) in [6.45, 7) is 5.43. The van der Waals surface area contributed by atoms with E-state index in [1.54, 1.807) is 7.11 Å². The topological polar surface area (TPSA) is 60.9 Å². The summed E-state index contributed by atoms with van der Waals surface area (Å²) in [5.41, 5.74) is 1.99. The van der Waals surface area contributed by atoms with Crippen LogP contribution in [0.25, 0.3) is 10.1 Å². The number of aliphatic hydroxyl groups is 1. The smallest absolute Gasteiger partial charge is 0.150 e. The van der Waals surface area contributed by atoms with Crippen molar-refractivity contribution in [3.63, 3.8) is 0 Å². The van der Waals surface area contributed by atoms with Crippen LogP contribution < -0.4 is 10.2 Å². The minimum absolute atomic E-state index is 0.324. The number of hydrogen-bond donors (Lipinski definition) is 2. The quantitative estimate of drug-likeness (QED) is 0.766. The lowest BCUT2D eigenvalue weighted by molar-refractivity contribution is 0.0303. The fourth-order valence-corrected chi connectivity index (χ4v) is 5.77. The predicted molar refractivity (Wildman–Crippen MR) is 108 cm³/mol. The first-order chi connectivity index (χ1) is 13.2. The van der Waals surface area contributed by atoms with Gasteiger partial charge in [0.05, 0.1) is 10.8 Å². The minimum atomic E-state index is -0.695. The summed E-state index contributed by atoms with van der Waals surface area (Å²) < 4.78 is 11.2. The first-order valence-corrected chi connectivity index (χ1v) is 10.8. The molecule has 27 heavy (non-hydrogen) atoms. The van der Waals surface area contributed by atoms with Crippen molar-refractivity contribution in [1.82, 2.24) is 14.6 Å². The molecule has 2 bridgehead atoms. The molecule has 1 unspecified atom stereocenters. The minimum Gasteiger partial charge on any atom is -0.380 e. The molecule has 1 aromatic carbocycles. The molecular weight excluding hydrogens is 360 g/mol. The number of anilines is 1. The van der Waals surface area contributed by atoms with E-state index in [0.29, 0.717) is 18.1 Å². The van der Waals surface area contributed by atoms with Crippen molar-refractivity contribution >= 4 is 27.3 Å². The van der Waals surface area contributed by atoms with Gasteiger partial charge < -0.3 is 19.6 Å². The summed E-state index contributed by atoms with van der Waals surface area (Å²) in [5.74, 6) is 0.685. The first-order valence-electron chi connectivity index (χ1n) is 10.0. The molecule has 146 valence electrons. The number of ether oxygens (including phenoxy) is 1. The van der Waals surface area contributed by atoms with E-state index in [4.69, 9.17) is 4.74 Å². The number of nitrogens with zero attached hydrogens (tertiary/aromatic N) is 3. The Hall–Kier alpha value is -1.25. The molecule has 0 radical (unpaired) electrons. The van der Waals surface area contributed by atoms with E-state index in [0.717, 1.165) is 41.8 Å². The number of benzene rings is 1. The molecule has 0 amide bonds. The summed E-state index contributed by atoms with van der Waals surface area (Å²) in [7, 11) is 1.79. The van der Waals surface area contributed by atoms with E-state index in [-0.39, 0.29) is 0 Å². The van der Waals surface area contributed by atoms with E-state index in [1.807, 2.05) is 0 Å². The molecule has 0 aliphatic carbocycles. The van der Waals surface area contributed by atoms with Gasteiger partial charge in [-0.15, -0.1) is 0 Å². The number of piperidine rings is 3. The molecule has 6 nitrogen and oxygen atoms in total. The van der Waals surface area contributed by atoms with Gasteiger partial charge in [-0.3, -0.25) is 5.32 Å². The molecule has 2 aromatic rings. The van der Waals surface area contributed by atoms with Crippen LogP contribution in [0.3, 0.4) is 0 Å². The third kappa shape index (κ3) is 3.36. The summed E-state index contributed by atoms with van der Waals surface area (Å²) >= 11 is 1.48. The monoisotopic (exact) mass is 388 g/mol. The van der Waals surface area contributed by atoms with Crippen LogP contribution in [0.2, 0.25) is 0 Å². The van der Waals surface area contributed by atoms with Crippen LogP contribution in [0.4, 0.5) is 5.69 Å². The van der Waals surface area contributed by atoms with Gasteiger partial charge in [0.15, 0.2) is 0 Å². The van der Waals surface area contributed by atoms with Gasteiger partial charge >= 0.3 is 0 Å². The van der Waals surface area contributed by atoms with Gasteiger partial charge in [-0.05, 0) is 68.0 Å². The number of rotatable bonds is 5. The molecule has 4 aliphatic heterocycles. The number of aromatic nitrogens is 1. The molecule has 0 saturated carbocycles. The maximum Gasteiger partial charge on any atom is 0.150 e. The largest absolute Gasteiger partial charge is 0.380 e. The highest BCUT2D eigenvalue weighted by Crippen LogP contribution is 2.33. The molecule has 0 spiro atoms. The third-order valence-electron chi connectivity index (χ3n) is 6.61. The lowest BCUT2D eigenvalue weighted by Gasteiger charge is -2.45.